The van der Waals surface area contributed by atoms with Gasteiger partial charge < -0.3 is 26.2 Å². The van der Waals surface area contributed by atoms with Crippen LogP contribution in [0.1, 0.15) is 63.6 Å². The van der Waals surface area contributed by atoms with Crippen molar-refractivity contribution in [3.8, 4) is 0 Å². The second-order valence-electron chi connectivity index (χ2n) is 10.4. The van der Waals surface area contributed by atoms with Gasteiger partial charge in [0, 0.05) is 0 Å². The van der Waals surface area contributed by atoms with Crippen LogP contribution in [0.15, 0.2) is 24.3 Å². The van der Waals surface area contributed by atoms with Gasteiger partial charge in [-0.1, -0.05) is 38.1 Å². The molecule has 34 heavy (non-hydrogen) atoms. The molecule has 0 saturated carbocycles. The van der Waals surface area contributed by atoms with E-state index in [1.54, 1.807) is 14.0 Å². The standard InChI is InChI=1S/C25H35N5O4/c1-14(26-4)22(32)28-18-12-20(31)29-19-13-25(2,3)21(30(19)24(18)34)23(33)27-17-11-7-9-15-8-5-6-10-16(15)17/h5-6,8,10,14,17-19,21,26H,7,9,11-13H2,1-4H3,(H,27,33)(H,28,32)(H,29,31)/t14-,17-,18-,19+,21?/m0/s1. The number of aryl methyl sites for hydroxylation is 1. The summed E-state index contributed by atoms with van der Waals surface area (Å²) in [6, 6.07) is 5.71. The summed E-state index contributed by atoms with van der Waals surface area (Å²) in [5.41, 5.74) is 1.80. The third-order valence-corrected chi connectivity index (χ3v) is 7.42. The van der Waals surface area contributed by atoms with Crippen molar-refractivity contribution in [1.29, 1.82) is 0 Å². The van der Waals surface area contributed by atoms with Crippen LogP contribution in [0.2, 0.25) is 0 Å². The van der Waals surface area contributed by atoms with Gasteiger partial charge in [-0.05, 0) is 56.2 Å². The van der Waals surface area contributed by atoms with Gasteiger partial charge in [-0.15, -0.1) is 0 Å². The zero-order valence-electron chi connectivity index (χ0n) is 20.3. The first-order valence-corrected chi connectivity index (χ1v) is 12.1. The van der Waals surface area contributed by atoms with Crippen LogP contribution in [0.25, 0.3) is 0 Å². The van der Waals surface area contributed by atoms with Gasteiger partial charge in [0.15, 0.2) is 0 Å². The Balaban J connectivity index is 1.59. The zero-order chi connectivity index (χ0) is 24.6. The molecule has 9 heteroatoms. The molecule has 1 unspecified atom stereocenters. The average Bonchev–Trinajstić information content (AvgIpc) is 3.01. The molecule has 1 aromatic carbocycles. The molecule has 3 aliphatic rings. The Morgan fingerprint density at radius 3 is 2.62 bits per heavy atom. The lowest BCUT2D eigenvalue weighted by atomic mass is 9.82. The van der Waals surface area contributed by atoms with Crippen LogP contribution >= 0.6 is 0 Å². The Hall–Kier alpha value is -2.94. The number of carbonyl (C=O) groups excluding carboxylic acids is 4. The first kappa shape index (κ1) is 24.2. The first-order chi connectivity index (χ1) is 16.1. The van der Waals surface area contributed by atoms with Gasteiger partial charge in [-0.3, -0.25) is 19.2 Å². The molecule has 9 nitrogen and oxygen atoms in total. The summed E-state index contributed by atoms with van der Waals surface area (Å²) in [6.07, 6.45) is 2.52. The highest BCUT2D eigenvalue weighted by Crippen LogP contribution is 2.41. The second-order valence-corrected chi connectivity index (χ2v) is 10.4. The van der Waals surface area contributed by atoms with Crippen molar-refractivity contribution in [3.05, 3.63) is 35.4 Å². The molecule has 1 aliphatic carbocycles. The predicted molar refractivity (Wildman–Crippen MR) is 126 cm³/mol. The van der Waals surface area contributed by atoms with Crippen LogP contribution in [-0.4, -0.2) is 59.9 Å². The highest BCUT2D eigenvalue weighted by molar-refractivity contribution is 5.98. The number of fused-ring (bicyclic) bond motifs is 2. The number of hydrogen-bond acceptors (Lipinski definition) is 5. The number of nitrogens with one attached hydrogen (secondary N) is 4. The minimum absolute atomic E-state index is 0.115. The normalized spacial score (nSPS) is 28.8. The molecule has 2 saturated heterocycles. The molecule has 184 valence electrons. The molecule has 2 fully saturated rings. The zero-order valence-corrected chi connectivity index (χ0v) is 20.3. The Kier molecular flexibility index (Phi) is 6.66. The number of nitrogens with zero attached hydrogens (tertiary/aromatic N) is 1. The summed E-state index contributed by atoms with van der Waals surface area (Å²) in [6.45, 7) is 5.56. The molecule has 0 radical (unpaired) electrons. The molecular weight excluding hydrogens is 434 g/mol. The summed E-state index contributed by atoms with van der Waals surface area (Å²) >= 11 is 0. The Bertz CT molecular complexity index is 993. The number of rotatable bonds is 5. The molecule has 5 atom stereocenters. The van der Waals surface area contributed by atoms with E-state index in [2.05, 4.69) is 27.3 Å². The molecule has 0 bridgehead atoms. The molecule has 0 spiro atoms. The lowest BCUT2D eigenvalue weighted by Crippen LogP contribution is -2.59. The van der Waals surface area contributed by atoms with Crippen LogP contribution in [0.3, 0.4) is 0 Å². The van der Waals surface area contributed by atoms with Gasteiger partial charge in [0.2, 0.25) is 23.6 Å². The number of likely N-dealkylation sites (N-methyl/N-ethyl adjacent to an activating group) is 1. The van der Waals surface area contributed by atoms with Crippen LogP contribution in [0, 0.1) is 5.41 Å². The molecule has 0 aromatic heterocycles. The van der Waals surface area contributed by atoms with Gasteiger partial charge in [-0.25, -0.2) is 0 Å². The largest absolute Gasteiger partial charge is 0.347 e. The topological polar surface area (TPSA) is 120 Å². The first-order valence-electron chi connectivity index (χ1n) is 12.1. The smallest absolute Gasteiger partial charge is 0.248 e. The molecule has 4 N–H and O–H groups in total. The van der Waals surface area contributed by atoms with Crippen molar-refractivity contribution in [3.63, 3.8) is 0 Å². The fourth-order valence-electron chi connectivity index (χ4n) is 5.54. The van der Waals surface area contributed by atoms with E-state index in [1.165, 1.54) is 10.5 Å². The van der Waals surface area contributed by atoms with Gasteiger partial charge in [0.05, 0.1) is 18.5 Å². The third kappa shape index (κ3) is 4.53. The maximum atomic E-state index is 13.7. The van der Waals surface area contributed by atoms with Gasteiger partial charge in [-0.2, -0.15) is 0 Å². The lowest BCUT2D eigenvalue weighted by molar-refractivity contribution is -0.145. The van der Waals surface area contributed by atoms with E-state index in [9.17, 15) is 19.2 Å². The van der Waals surface area contributed by atoms with Crippen molar-refractivity contribution < 1.29 is 19.2 Å². The maximum absolute atomic E-state index is 13.7. The highest BCUT2D eigenvalue weighted by Gasteiger charge is 2.55. The summed E-state index contributed by atoms with van der Waals surface area (Å²) < 4.78 is 0. The van der Waals surface area contributed by atoms with Gasteiger partial charge in [0.1, 0.15) is 18.2 Å². The minimum Gasteiger partial charge on any atom is -0.347 e. The van der Waals surface area contributed by atoms with Crippen molar-refractivity contribution in [1.82, 2.24) is 26.2 Å². The molecule has 1 aromatic rings. The van der Waals surface area contributed by atoms with Crippen LogP contribution in [0.4, 0.5) is 0 Å². The minimum atomic E-state index is -1.02. The van der Waals surface area contributed by atoms with E-state index in [0.717, 1.165) is 24.8 Å². The molecule has 2 heterocycles. The number of amides is 4. The predicted octanol–water partition coefficient (Wildman–Crippen LogP) is 0.746. The molecule has 4 amide bonds. The Labute approximate surface area is 200 Å². The monoisotopic (exact) mass is 469 g/mol. The number of hydrogen-bond donors (Lipinski definition) is 4. The quantitative estimate of drug-likeness (QED) is 0.507. The van der Waals surface area contributed by atoms with Gasteiger partial charge >= 0.3 is 0 Å². The molecule has 2 aliphatic heterocycles. The third-order valence-electron chi connectivity index (χ3n) is 7.42. The Morgan fingerprint density at radius 2 is 1.88 bits per heavy atom. The molecular formula is C25H35N5O4. The van der Waals surface area contributed by atoms with E-state index in [0.29, 0.717) is 6.42 Å². The molecule has 4 rings (SSSR count). The van der Waals surface area contributed by atoms with E-state index in [1.807, 2.05) is 32.0 Å². The fourth-order valence-corrected chi connectivity index (χ4v) is 5.54. The van der Waals surface area contributed by atoms with Crippen LogP contribution in [-0.2, 0) is 25.6 Å². The highest BCUT2D eigenvalue weighted by atomic mass is 16.2. The second kappa shape index (κ2) is 9.37. The lowest BCUT2D eigenvalue weighted by Gasteiger charge is -2.35. The van der Waals surface area contributed by atoms with E-state index >= 15 is 0 Å². The summed E-state index contributed by atoms with van der Waals surface area (Å²) in [4.78, 5) is 53.9. The van der Waals surface area contributed by atoms with Gasteiger partial charge in [0.25, 0.3) is 0 Å². The van der Waals surface area contributed by atoms with Crippen molar-refractivity contribution in [2.45, 2.75) is 83.2 Å². The van der Waals surface area contributed by atoms with E-state index in [-0.39, 0.29) is 30.2 Å². The summed E-state index contributed by atoms with van der Waals surface area (Å²) in [5, 5.41) is 11.6. The van der Waals surface area contributed by atoms with Crippen LogP contribution < -0.4 is 21.3 Å². The maximum Gasteiger partial charge on any atom is 0.248 e. The van der Waals surface area contributed by atoms with Crippen molar-refractivity contribution in [2.24, 2.45) is 5.41 Å². The van der Waals surface area contributed by atoms with E-state index < -0.39 is 35.6 Å². The average molecular weight is 470 g/mol. The number of carbonyl (C=O) groups is 4. The summed E-state index contributed by atoms with van der Waals surface area (Å²) in [7, 11) is 1.65. The SMILES string of the molecule is CN[C@@H](C)C(=O)N[C@H]1CC(=O)N[C@H]2CC(C)(C)C(C(=O)N[C@H]3CCCc4ccccc43)N2C1=O. The Morgan fingerprint density at radius 1 is 1.15 bits per heavy atom. The van der Waals surface area contributed by atoms with Crippen molar-refractivity contribution in [2.75, 3.05) is 7.05 Å². The number of benzene rings is 1. The van der Waals surface area contributed by atoms with Crippen molar-refractivity contribution >= 4 is 23.6 Å². The fraction of sp³-hybridized carbons (Fsp3) is 0.600. The summed E-state index contributed by atoms with van der Waals surface area (Å²) in [5.74, 6) is -1.33. The van der Waals surface area contributed by atoms with Crippen LogP contribution in [0.5, 0.6) is 0 Å². The van der Waals surface area contributed by atoms with E-state index in [4.69, 9.17) is 0 Å².